The number of nitrogens with two attached hydrogens (primary N) is 1. The summed E-state index contributed by atoms with van der Waals surface area (Å²) in [6, 6.07) is -0.701. The van der Waals surface area contributed by atoms with Crippen LogP contribution in [-0.4, -0.2) is 64.3 Å². The van der Waals surface area contributed by atoms with Gasteiger partial charge in [-0.2, -0.15) is 0 Å². The third-order valence-corrected chi connectivity index (χ3v) is 6.68. The lowest BCUT2D eigenvalue weighted by Gasteiger charge is -2.51. The normalized spacial score (nSPS) is 21.0. The Kier molecular flexibility index (Phi) is 7.21. The standard InChI is InChI=1S/C19H25N5O5S2/c1-9(2)5-13-11(6-29-10(3)25)7-30-18-15(17(27)24(13)18)22-16(26)14(23-28-4)12-8-31-19(20)21-12/h8-9,15,18H,5-7H2,1-4H3,(H2,20,21)(H,22,26)/t15-,18-/m1/s1. The number of esters is 1. The molecule has 2 atom stereocenters. The zero-order valence-electron chi connectivity index (χ0n) is 17.7. The van der Waals surface area contributed by atoms with Gasteiger partial charge in [0.25, 0.3) is 11.8 Å². The Morgan fingerprint density at radius 1 is 1.45 bits per heavy atom. The van der Waals surface area contributed by atoms with Crippen LogP contribution in [-0.2, 0) is 24.0 Å². The first-order chi connectivity index (χ1) is 14.7. The van der Waals surface area contributed by atoms with Gasteiger partial charge < -0.3 is 20.6 Å². The van der Waals surface area contributed by atoms with Gasteiger partial charge in [0.05, 0.1) is 0 Å². The predicted octanol–water partition coefficient (Wildman–Crippen LogP) is 1.34. The molecule has 31 heavy (non-hydrogen) atoms. The highest BCUT2D eigenvalue weighted by Crippen LogP contribution is 2.42. The van der Waals surface area contributed by atoms with Crippen LogP contribution in [0.15, 0.2) is 21.8 Å². The van der Waals surface area contributed by atoms with Gasteiger partial charge in [0, 0.05) is 23.8 Å². The second-order valence-corrected chi connectivity index (χ2v) is 9.48. The predicted molar refractivity (Wildman–Crippen MR) is 118 cm³/mol. The Hall–Kier alpha value is -2.60. The molecular formula is C19H25N5O5S2. The largest absolute Gasteiger partial charge is 0.461 e. The number of carbonyl (C=O) groups excluding carboxylic acids is 3. The Bertz CT molecular complexity index is 942. The maximum atomic E-state index is 13.0. The molecule has 10 nitrogen and oxygen atoms in total. The van der Waals surface area contributed by atoms with Crippen molar-refractivity contribution in [1.29, 1.82) is 0 Å². The molecular weight excluding hydrogens is 442 g/mol. The van der Waals surface area contributed by atoms with Crippen LogP contribution in [0.4, 0.5) is 5.13 Å². The van der Waals surface area contributed by atoms with Gasteiger partial charge in [-0.05, 0) is 17.9 Å². The summed E-state index contributed by atoms with van der Waals surface area (Å²) in [6.07, 6.45) is 0.675. The van der Waals surface area contributed by atoms with Crippen molar-refractivity contribution in [3.63, 3.8) is 0 Å². The molecule has 0 spiro atoms. The summed E-state index contributed by atoms with van der Waals surface area (Å²) >= 11 is 2.69. The number of nitrogens with one attached hydrogen (secondary N) is 1. The molecule has 1 aromatic heterocycles. The molecule has 0 radical (unpaired) electrons. The number of thioether (sulfide) groups is 1. The van der Waals surface area contributed by atoms with E-state index in [4.69, 9.17) is 15.3 Å². The number of aromatic nitrogens is 1. The van der Waals surface area contributed by atoms with Crippen LogP contribution in [0, 0.1) is 5.92 Å². The molecule has 12 heteroatoms. The minimum atomic E-state index is -0.701. The lowest BCUT2D eigenvalue weighted by Crippen LogP contribution is -2.70. The second-order valence-electron chi connectivity index (χ2n) is 7.48. The van der Waals surface area contributed by atoms with E-state index >= 15 is 0 Å². The summed E-state index contributed by atoms with van der Waals surface area (Å²) < 4.78 is 5.17. The highest BCUT2D eigenvalue weighted by atomic mass is 32.2. The number of hydrogen-bond donors (Lipinski definition) is 2. The zero-order chi connectivity index (χ0) is 22.7. The van der Waals surface area contributed by atoms with E-state index in [0.29, 0.717) is 23.2 Å². The number of oxime groups is 1. The minimum Gasteiger partial charge on any atom is -0.461 e. The van der Waals surface area contributed by atoms with E-state index < -0.39 is 11.9 Å². The van der Waals surface area contributed by atoms with Gasteiger partial charge >= 0.3 is 5.97 Å². The van der Waals surface area contributed by atoms with Crippen molar-refractivity contribution in [2.24, 2.45) is 11.1 Å². The second kappa shape index (κ2) is 9.69. The molecule has 3 rings (SSSR count). The molecule has 0 saturated carbocycles. The fourth-order valence-corrected chi connectivity index (χ4v) is 5.27. The molecule has 2 aliphatic rings. The molecule has 0 unspecified atom stereocenters. The van der Waals surface area contributed by atoms with E-state index in [-0.39, 0.29) is 35.3 Å². The summed E-state index contributed by atoms with van der Waals surface area (Å²) in [4.78, 5) is 47.6. The lowest BCUT2D eigenvalue weighted by molar-refractivity contribution is -0.145. The molecule has 0 aliphatic carbocycles. The van der Waals surface area contributed by atoms with Crippen LogP contribution >= 0.6 is 23.1 Å². The monoisotopic (exact) mass is 467 g/mol. The Morgan fingerprint density at radius 2 is 2.19 bits per heavy atom. The molecule has 1 fully saturated rings. The number of thiazole rings is 1. The fraction of sp³-hybridized carbons (Fsp3) is 0.526. The first kappa shape index (κ1) is 23.1. The van der Waals surface area contributed by atoms with Crippen molar-refractivity contribution in [3.8, 4) is 0 Å². The minimum absolute atomic E-state index is 0.0454. The molecule has 2 aliphatic heterocycles. The zero-order valence-corrected chi connectivity index (χ0v) is 19.3. The fourth-order valence-electron chi connectivity index (χ4n) is 3.34. The van der Waals surface area contributed by atoms with Gasteiger partial charge in [0.15, 0.2) is 10.8 Å². The van der Waals surface area contributed by atoms with Crippen molar-refractivity contribution >= 4 is 51.7 Å². The van der Waals surface area contributed by atoms with Crippen molar-refractivity contribution in [3.05, 3.63) is 22.3 Å². The number of allylic oxidation sites excluding steroid dienone is 1. The molecule has 0 aromatic carbocycles. The Morgan fingerprint density at radius 3 is 2.77 bits per heavy atom. The molecule has 3 heterocycles. The maximum Gasteiger partial charge on any atom is 0.302 e. The van der Waals surface area contributed by atoms with E-state index in [1.54, 1.807) is 10.3 Å². The Labute approximate surface area is 188 Å². The van der Waals surface area contributed by atoms with Crippen molar-refractivity contribution < 1.29 is 24.0 Å². The van der Waals surface area contributed by atoms with Crippen LogP contribution in [0.5, 0.6) is 0 Å². The van der Waals surface area contributed by atoms with E-state index in [1.165, 1.54) is 37.1 Å². The van der Waals surface area contributed by atoms with Crippen LogP contribution < -0.4 is 11.1 Å². The van der Waals surface area contributed by atoms with E-state index in [0.717, 1.165) is 11.3 Å². The summed E-state index contributed by atoms with van der Waals surface area (Å²) in [7, 11) is 1.32. The van der Waals surface area contributed by atoms with Crippen LogP contribution in [0.25, 0.3) is 0 Å². The molecule has 1 saturated heterocycles. The number of rotatable bonds is 8. The Balaban J connectivity index is 1.77. The van der Waals surface area contributed by atoms with Crippen molar-refractivity contribution in [2.45, 2.75) is 38.6 Å². The average molecular weight is 468 g/mol. The summed E-state index contributed by atoms with van der Waals surface area (Å²) in [5.41, 5.74) is 7.68. The van der Waals surface area contributed by atoms with E-state index in [1.807, 2.05) is 0 Å². The lowest BCUT2D eigenvalue weighted by atomic mass is 9.97. The van der Waals surface area contributed by atoms with Crippen LogP contribution in [0.3, 0.4) is 0 Å². The van der Waals surface area contributed by atoms with Gasteiger partial charge in [-0.25, -0.2) is 4.98 Å². The number of nitrogens with zero attached hydrogens (tertiary/aromatic N) is 3. The van der Waals surface area contributed by atoms with Gasteiger partial charge in [0.2, 0.25) is 0 Å². The molecule has 1 aromatic rings. The van der Waals surface area contributed by atoms with Gasteiger partial charge in [-0.15, -0.1) is 23.1 Å². The summed E-state index contributed by atoms with van der Waals surface area (Å²) in [6.45, 7) is 5.64. The highest BCUT2D eigenvalue weighted by Gasteiger charge is 2.52. The summed E-state index contributed by atoms with van der Waals surface area (Å²) in [5, 5.41) is 8.16. The molecule has 3 N–H and O–H groups in total. The quantitative estimate of drug-likeness (QED) is 0.253. The number of anilines is 1. The van der Waals surface area contributed by atoms with Crippen molar-refractivity contribution in [2.75, 3.05) is 25.2 Å². The smallest absolute Gasteiger partial charge is 0.302 e. The molecule has 0 bridgehead atoms. The first-order valence-corrected chi connectivity index (χ1v) is 11.6. The number of β-lactam (4-membered cyclic amide) rings is 1. The van der Waals surface area contributed by atoms with E-state index in [9.17, 15) is 14.4 Å². The summed E-state index contributed by atoms with van der Waals surface area (Å²) in [5.74, 6) is -0.223. The number of carbonyl (C=O) groups is 3. The van der Waals surface area contributed by atoms with Crippen LogP contribution in [0.2, 0.25) is 0 Å². The van der Waals surface area contributed by atoms with Gasteiger partial charge in [0.1, 0.15) is 30.8 Å². The van der Waals surface area contributed by atoms with Crippen molar-refractivity contribution in [1.82, 2.24) is 15.2 Å². The molecule has 2 amide bonds. The van der Waals surface area contributed by atoms with Crippen LogP contribution in [0.1, 0.15) is 32.9 Å². The number of nitrogen functional groups attached to an aromatic ring is 1. The number of hydrogen-bond acceptors (Lipinski definition) is 10. The maximum absolute atomic E-state index is 13.0. The van der Waals surface area contributed by atoms with Gasteiger partial charge in [-0.1, -0.05) is 19.0 Å². The highest BCUT2D eigenvalue weighted by molar-refractivity contribution is 8.00. The first-order valence-electron chi connectivity index (χ1n) is 9.65. The molecule has 168 valence electrons. The average Bonchev–Trinajstić information content (AvgIpc) is 3.13. The number of amides is 2. The SMILES string of the molecule is CON=C(C(=O)N[C@@H]1C(=O)N2C(CC(C)C)=C(COC(C)=O)CS[C@H]12)c1csc(N)n1. The third-order valence-electron chi connectivity index (χ3n) is 4.67. The van der Waals surface area contributed by atoms with E-state index in [2.05, 4.69) is 29.3 Å². The third kappa shape index (κ3) is 5.01. The number of ether oxygens (including phenoxy) is 1. The number of fused-ring (bicyclic) bond motifs is 1. The topological polar surface area (TPSA) is 136 Å². The van der Waals surface area contributed by atoms with Gasteiger partial charge in [-0.3, -0.25) is 19.3 Å².